The molecule has 1 aromatic rings. The first-order valence-corrected chi connectivity index (χ1v) is 11.2. The van der Waals surface area contributed by atoms with Crippen LogP contribution in [0.1, 0.15) is 66.4 Å². The van der Waals surface area contributed by atoms with E-state index in [0.717, 1.165) is 49.8 Å². The van der Waals surface area contributed by atoms with Crippen molar-refractivity contribution in [1.82, 2.24) is 20.1 Å². The third-order valence-electron chi connectivity index (χ3n) is 6.75. The maximum absolute atomic E-state index is 12.9. The lowest BCUT2D eigenvalue weighted by Gasteiger charge is -2.33. The van der Waals surface area contributed by atoms with Gasteiger partial charge in [0.15, 0.2) is 0 Å². The summed E-state index contributed by atoms with van der Waals surface area (Å²) in [4.78, 5) is 44.9. The van der Waals surface area contributed by atoms with E-state index in [1.807, 2.05) is 11.9 Å². The Morgan fingerprint density at radius 2 is 2.07 bits per heavy atom. The van der Waals surface area contributed by atoms with Crippen LogP contribution in [0.3, 0.4) is 0 Å². The molecule has 7 heteroatoms. The van der Waals surface area contributed by atoms with E-state index in [1.54, 1.807) is 6.20 Å². The van der Waals surface area contributed by atoms with E-state index in [9.17, 15) is 14.4 Å². The Morgan fingerprint density at radius 3 is 2.80 bits per heavy atom. The first-order chi connectivity index (χ1) is 14.5. The molecule has 3 heterocycles. The summed E-state index contributed by atoms with van der Waals surface area (Å²) in [6, 6.07) is -0.0498. The second kappa shape index (κ2) is 9.16. The average molecular weight is 413 g/mol. The number of rotatable bonds is 5. The SMILES string of the molecule is CN1CCC[C@H]1C(=O)N1CCc2c(c[nH]c(=O)c2C(=O)NCCC2=CCCCC2)C1. The highest BCUT2D eigenvalue weighted by Gasteiger charge is 2.34. The topological polar surface area (TPSA) is 85.5 Å². The van der Waals surface area contributed by atoms with E-state index in [4.69, 9.17) is 0 Å². The van der Waals surface area contributed by atoms with E-state index in [-0.39, 0.29) is 29.0 Å². The van der Waals surface area contributed by atoms with Gasteiger partial charge in [0.1, 0.15) is 5.56 Å². The van der Waals surface area contributed by atoms with Crippen molar-refractivity contribution < 1.29 is 9.59 Å². The van der Waals surface area contributed by atoms with Crippen molar-refractivity contribution in [2.24, 2.45) is 0 Å². The number of nitrogens with one attached hydrogen (secondary N) is 2. The Morgan fingerprint density at radius 1 is 1.20 bits per heavy atom. The van der Waals surface area contributed by atoms with Crippen LogP contribution in [0.15, 0.2) is 22.6 Å². The number of aromatic amines is 1. The van der Waals surface area contributed by atoms with Crippen molar-refractivity contribution in [2.45, 2.75) is 64.0 Å². The number of allylic oxidation sites excluding steroid dienone is 1. The monoisotopic (exact) mass is 412 g/mol. The quantitative estimate of drug-likeness (QED) is 0.724. The van der Waals surface area contributed by atoms with Crippen LogP contribution in [0.2, 0.25) is 0 Å². The fourth-order valence-corrected chi connectivity index (χ4v) is 4.99. The van der Waals surface area contributed by atoms with E-state index in [2.05, 4.69) is 21.3 Å². The van der Waals surface area contributed by atoms with Crippen LogP contribution in [0, 0.1) is 0 Å². The van der Waals surface area contributed by atoms with Gasteiger partial charge in [-0.3, -0.25) is 19.3 Å². The lowest BCUT2D eigenvalue weighted by Crippen LogP contribution is -2.47. The summed E-state index contributed by atoms with van der Waals surface area (Å²) in [6.45, 7) is 2.50. The lowest BCUT2D eigenvalue weighted by atomic mass is 9.95. The summed E-state index contributed by atoms with van der Waals surface area (Å²) in [6.07, 6.45) is 12.0. The number of H-pyrrole nitrogens is 1. The van der Waals surface area contributed by atoms with Crippen molar-refractivity contribution >= 4 is 11.8 Å². The molecule has 1 aromatic heterocycles. The zero-order chi connectivity index (χ0) is 21.1. The molecule has 4 rings (SSSR count). The molecule has 0 bridgehead atoms. The molecule has 2 N–H and O–H groups in total. The number of likely N-dealkylation sites (tertiary alicyclic amines) is 1. The number of hydrogen-bond donors (Lipinski definition) is 2. The maximum atomic E-state index is 12.9. The van der Waals surface area contributed by atoms with Crippen LogP contribution < -0.4 is 10.9 Å². The summed E-state index contributed by atoms with van der Waals surface area (Å²) >= 11 is 0. The number of aromatic nitrogens is 1. The highest BCUT2D eigenvalue weighted by atomic mass is 16.2. The number of likely N-dealkylation sites (N-methyl/N-ethyl adjacent to an activating group) is 1. The molecule has 2 aliphatic heterocycles. The van der Waals surface area contributed by atoms with Gasteiger partial charge in [0.05, 0.1) is 6.04 Å². The Hall–Kier alpha value is -2.41. The first kappa shape index (κ1) is 20.8. The van der Waals surface area contributed by atoms with Gasteiger partial charge in [-0.15, -0.1) is 0 Å². The van der Waals surface area contributed by atoms with Crippen molar-refractivity contribution in [3.05, 3.63) is 44.9 Å². The van der Waals surface area contributed by atoms with Gasteiger partial charge < -0.3 is 15.2 Å². The number of nitrogens with zero attached hydrogens (tertiary/aromatic N) is 2. The van der Waals surface area contributed by atoms with Crippen LogP contribution in [-0.2, 0) is 17.8 Å². The Balaban J connectivity index is 1.43. The van der Waals surface area contributed by atoms with Crippen LogP contribution in [-0.4, -0.2) is 59.3 Å². The van der Waals surface area contributed by atoms with Crippen molar-refractivity contribution in [1.29, 1.82) is 0 Å². The summed E-state index contributed by atoms with van der Waals surface area (Å²) in [5, 5.41) is 2.93. The van der Waals surface area contributed by atoms with Crippen LogP contribution in [0.5, 0.6) is 0 Å². The minimum Gasteiger partial charge on any atom is -0.352 e. The molecule has 7 nitrogen and oxygen atoms in total. The Kier molecular flexibility index (Phi) is 6.37. The Labute approximate surface area is 177 Å². The normalized spacial score (nSPS) is 21.8. The zero-order valence-corrected chi connectivity index (χ0v) is 17.8. The number of amides is 2. The number of fused-ring (bicyclic) bond motifs is 1. The van der Waals surface area contributed by atoms with Gasteiger partial charge in [-0.05, 0) is 76.1 Å². The molecule has 1 atom stereocenters. The van der Waals surface area contributed by atoms with Crippen molar-refractivity contribution in [3.8, 4) is 0 Å². The average Bonchev–Trinajstić information content (AvgIpc) is 3.19. The van der Waals surface area contributed by atoms with E-state index in [1.165, 1.54) is 18.4 Å². The van der Waals surface area contributed by atoms with Gasteiger partial charge in [-0.25, -0.2) is 0 Å². The smallest absolute Gasteiger partial charge is 0.261 e. The molecule has 1 saturated heterocycles. The summed E-state index contributed by atoms with van der Waals surface area (Å²) in [5.74, 6) is -0.154. The fourth-order valence-electron chi connectivity index (χ4n) is 4.99. The molecular weight excluding hydrogens is 380 g/mol. The van der Waals surface area contributed by atoms with E-state index < -0.39 is 0 Å². The number of pyridine rings is 1. The van der Waals surface area contributed by atoms with Gasteiger partial charge in [0.2, 0.25) is 5.91 Å². The third-order valence-corrected chi connectivity index (χ3v) is 6.75. The van der Waals surface area contributed by atoms with Crippen molar-refractivity contribution in [3.63, 3.8) is 0 Å². The van der Waals surface area contributed by atoms with E-state index in [0.29, 0.717) is 26.1 Å². The van der Waals surface area contributed by atoms with Gasteiger partial charge in [-0.1, -0.05) is 11.6 Å². The highest BCUT2D eigenvalue weighted by Crippen LogP contribution is 2.24. The summed E-state index contributed by atoms with van der Waals surface area (Å²) in [5.41, 5.74) is 2.93. The minimum absolute atomic E-state index is 0.0498. The molecule has 2 amide bonds. The van der Waals surface area contributed by atoms with Crippen LogP contribution >= 0.6 is 0 Å². The molecule has 0 radical (unpaired) electrons. The first-order valence-electron chi connectivity index (χ1n) is 11.2. The summed E-state index contributed by atoms with van der Waals surface area (Å²) in [7, 11) is 2.00. The molecule has 0 spiro atoms. The number of hydrogen-bond acceptors (Lipinski definition) is 4. The molecule has 0 aromatic carbocycles. The fraction of sp³-hybridized carbons (Fsp3) is 0.609. The number of carbonyl (C=O) groups is 2. The zero-order valence-electron chi connectivity index (χ0n) is 17.8. The molecule has 30 heavy (non-hydrogen) atoms. The second-order valence-electron chi connectivity index (χ2n) is 8.76. The van der Waals surface area contributed by atoms with Crippen molar-refractivity contribution in [2.75, 3.05) is 26.7 Å². The van der Waals surface area contributed by atoms with Crippen LogP contribution in [0.4, 0.5) is 0 Å². The third kappa shape index (κ3) is 4.36. The Bertz CT molecular complexity index is 904. The molecule has 162 valence electrons. The van der Waals surface area contributed by atoms with Gasteiger partial charge in [-0.2, -0.15) is 0 Å². The summed E-state index contributed by atoms with van der Waals surface area (Å²) < 4.78 is 0. The largest absolute Gasteiger partial charge is 0.352 e. The maximum Gasteiger partial charge on any atom is 0.261 e. The van der Waals surface area contributed by atoms with E-state index >= 15 is 0 Å². The highest BCUT2D eigenvalue weighted by molar-refractivity contribution is 5.95. The predicted molar refractivity (Wildman–Crippen MR) is 115 cm³/mol. The number of carbonyl (C=O) groups excluding carboxylic acids is 2. The standard InChI is InChI=1S/C23H32N4O3/c1-26-12-5-8-19(26)23(30)27-13-10-18-17(15-27)14-25-22(29)20(18)21(28)24-11-9-16-6-3-2-4-7-16/h6,14,19H,2-5,7-13,15H2,1H3,(H,24,28)(H,25,29)/t19-/m0/s1. The van der Waals surface area contributed by atoms with Gasteiger partial charge in [0, 0.05) is 25.8 Å². The van der Waals surface area contributed by atoms with Gasteiger partial charge >= 0.3 is 0 Å². The molecule has 3 aliphatic rings. The predicted octanol–water partition coefficient (Wildman–Crippen LogP) is 1.97. The molecular formula is C23H32N4O3. The molecule has 1 fully saturated rings. The molecule has 0 unspecified atom stereocenters. The van der Waals surface area contributed by atoms with Gasteiger partial charge in [0.25, 0.3) is 11.5 Å². The van der Waals surface area contributed by atoms with Crippen LogP contribution in [0.25, 0.3) is 0 Å². The second-order valence-corrected chi connectivity index (χ2v) is 8.76. The lowest BCUT2D eigenvalue weighted by molar-refractivity contribution is -0.136. The minimum atomic E-state index is -0.349. The molecule has 1 aliphatic carbocycles. The molecule has 0 saturated carbocycles.